The number of benzene rings is 3. The number of hydrogen-bond donors (Lipinski definition) is 0. The summed E-state index contributed by atoms with van der Waals surface area (Å²) in [4.78, 5) is 12.2. The minimum absolute atomic E-state index is 0.187. The van der Waals surface area contributed by atoms with E-state index < -0.39 is 0 Å². The highest BCUT2D eigenvalue weighted by molar-refractivity contribution is 5.95. The van der Waals surface area contributed by atoms with Crippen LogP contribution in [0, 0.1) is 5.82 Å². The van der Waals surface area contributed by atoms with Crippen LogP contribution < -0.4 is 5.56 Å². The van der Waals surface area contributed by atoms with E-state index in [1.165, 1.54) is 22.9 Å². The van der Waals surface area contributed by atoms with Crippen molar-refractivity contribution in [3.05, 3.63) is 101 Å². The fraction of sp³-hybridized carbons (Fsp3) is 0.0476. The predicted octanol–water partition coefficient (Wildman–Crippen LogP) is 4.25. The van der Waals surface area contributed by atoms with Gasteiger partial charge in [0.1, 0.15) is 5.82 Å². The van der Waals surface area contributed by atoms with Crippen molar-refractivity contribution in [3.8, 4) is 11.3 Å². The van der Waals surface area contributed by atoms with E-state index >= 15 is 0 Å². The summed E-state index contributed by atoms with van der Waals surface area (Å²) in [6.45, 7) is 0.303. The van der Waals surface area contributed by atoms with Crippen molar-refractivity contribution in [2.75, 3.05) is 0 Å². The molecule has 0 saturated heterocycles. The van der Waals surface area contributed by atoms with Gasteiger partial charge in [-0.15, -0.1) is 0 Å². The molecule has 0 radical (unpaired) electrons. The Balaban J connectivity index is 1.79. The standard InChI is InChI=1S/C21H15FN2O/c22-17-10-8-15(9-11-17)14-24-21(25)13-12-20(23-24)19-7-3-5-16-4-1-2-6-18(16)19/h1-13H,14H2. The van der Waals surface area contributed by atoms with Crippen molar-refractivity contribution in [1.82, 2.24) is 9.78 Å². The molecule has 3 aromatic carbocycles. The SMILES string of the molecule is O=c1ccc(-c2cccc3ccccc23)nn1Cc1ccc(F)cc1. The molecule has 0 amide bonds. The molecule has 0 aliphatic carbocycles. The van der Waals surface area contributed by atoms with E-state index in [1.54, 1.807) is 18.2 Å². The third-order valence-electron chi connectivity index (χ3n) is 4.18. The molecule has 4 heteroatoms. The van der Waals surface area contributed by atoms with Gasteiger partial charge in [0.25, 0.3) is 5.56 Å². The molecular weight excluding hydrogens is 315 g/mol. The van der Waals surface area contributed by atoms with Gasteiger partial charge in [-0.05, 0) is 34.5 Å². The molecule has 0 aliphatic heterocycles. The summed E-state index contributed by atoms with van der Waals surface area (Å²) in [7, 11) is 0. The lowest BCUT2D eigenvalue weighted by atomic mass is 10.0. The number of hydrogen-bond acceptors (Lipinski definition) is 2. The van der Waals surface area contributed by atoms with Crippen LogP contribution >= 0.6 is 0 Å². The monoisotopic (exact) mass is 330 g/mol. The second kappa shape index (κ2) is 6.32. The molecule has 3 nitrogen and oxygen atoms in total. The third kappa shape index (κ3) is 3.06. The molecule has 25 heavy (non-hydrogen) atoms. The fourth-order valence-electron chi connectivity index (χ4n) is 2.92. The highest BCUT2D eigenvalue weighted by Gasteiger charge is 2.07. The Morgan fingerprint density at radius 1 is 0.840 bits per heavy atom. The summed E-state index contributed by atoms with van der Waals surface area (Å²) in [5, 5.41) is 6.73. The van der Waals surface area contributed by atoms with E-state index in [2.05, 4.69) is 5.10 Å². The number of nitrogens with zero attached hydrogens (tertiary/aromatic N) is 2. The molecule has 0 atom stereocenters. The van der Waals surface area contributed by atoms with Gasteiger partial charge < -0.3 is 0 Å². The zero-order chi connectivity index (χ0) is 17.2. The lowest BCUT2D eigenvalue weighted by Crippen LogP contribution is -2.22. The molecule has 0 unspecified atom stereocenters. The van der Waals surface area contributed by atoms with Gasteiger partial charge >= 0.3 is 0 Å². The summed E-state index contributed by atoms with van der Waals surface area (Å²) in [5.41, 5.74) is 2.35. The van der Waals surface area contributed by atoms with Crippen LogP contribution in [0.5, 0.6) is 0 Å². The van der Waals surface area contributed by atoms with Crippen LogP contribution in [0.15, 0.2) is 83.7 Å². The average Bonchev–Trinajstić information content (AvgIpc) is 2.65. The Hall–Kier alpha value is -3.27. The molecule has 0 fully saturated rings. The molecule has 4 rings (SSSR count). The molecule has 0 spiro atoms. The van der Waals surface area contributed by atoms with Gasteiger partial charge in [0.2, 0.25) is 0 Å². The Bertz CT molecular complexity index is 1100. The van der Waals surface area contributed by atoms with Gasteiger partial charge in [0.05, 0.1) is 12.2 Å². The van der Waals surface area contributed by atoms with Crippen molar-refractivity contribution < 1.29 is 4.39 Å². The zero-order valence-electron chi connectivity index (χ0n) is 13.4. The number of rotatable bonds is 3. The van der Waals surface area contributed by atoms with Crippen LogP contribution in [-0.2, 0) is 6.54 Å². The lowest BCUT2D eigenvalue weighted by molar-refractivity contribution is 0.620. The molecule has 0 bridgehead atoms. The van der Waals surface area contributed by atoms with Gasteiger partial charge in [-0.3, -0.25) is 4.79 Å². The molecular formula is C21H15FN2O. The average molecular weight is 330 g/mol. The first-order valence-electron chi connectivity index (χ1n) is 8.01. The minimum atomic E-state index is -0.298. The summed E-state index contributed by atoms with van der Waals surface area (Å²) < 4.78 is 14.5. The van der Waals surface area contributed by atoms with E-state index in [-0.39, 0.29) is 11.4 Å². The van der Waals surface area contributed by atoms with E-state index in [9.17, 15) is 9.18 Å². The van der Waals surface area contributed by atoms with Crippen molar-refractivity contribution in [2.24, 2.45) is 0 Å². The largest absolute Gasteiger partial charge is 0.268 e. The highest BCUT2D eigenvalue weighted by atomic mass is 19.1. The number of fused-ring (bicyclic) bond motifs is 1. The van der Waals surface area contributed by atoms with Crippen LogP contribution in [-0.4, -0.2) is 9.78 Å². The summed E-state index contributed by atoms with van der Waals surface area (Å²) in [5.74, 6) is -0.298. The molecule has 0 N–H and O–H groups in total. The van der Waals surface area contributed by atoms with Gasteiger partial charge in [-0.2, -0.15) is 5.10 Å². The van der Waals surface area contributed by atoms with Crippen LogP contribution in [0.1, 0.15) is 5.56 Å². The first-order valence-corrected chi connectivity index (χ1v) is 8.01. The molecule has 0 aliphatic rings. The Labute approximate surface area is 144 Å². The van der Waals surface area contributed by atoms with Gasteiger partial charge in [0, 0.05) is 11.6 Å². The zero-order valence-corrected chi connectivity index (χ0v) is 13.4. The minimum Gasteiger partial charge on any atom is -0.268 e. The Kier molecular flexibility index (Phi) is 3.86. The van der Waals surface area contributed by atoms with Crippen molar-refractivity contribution in [2.45, 2.75) is 6.54 Å². The maximum Gasteiger partial charge on any atom is 0.267 e. The first-order chi connectivity index (χ1) is 12.2. The second-order valence-electron chi connectivity index (χ2n) is 5.87. The first kappa shape index (κ1) is 15.3. The van der Waals surface area contributed by atoms with Gasteiger partial charge in [-0.1, -0.05) is 54.6 Å². The van der Waals surface area contributed by atoms with E-state index in [0.29, 0.717) is 6.54 Å². The fourth-order valence-corrected chi connectivity index (χ4v) is 2.92. The number of halogens is 1. The maximum absolute atomic E-state index is 13.1. The van der Waals surface area contributed by atoms with E-state index in [1.807, 2.05) is 42.5 Å². The van der Waals surface area contributed by atoms with Crippen molar-refractivity contribution in [1.29, 1.82) is 0 Å². The topological polar surface area (TPSA) is 34.9 Å². The van der Waals surface area contributed by atoms with Crippen LogP contribution in [0.3, 0.4) is 0 Å². The molecule has 4 aromatic rings. The quantitative estimate of drug-likeness (QED) is 0.563. The molecule has 1 aromatic heterocycles. The summed E-state index contributed by atoms with van der Waals surface area (Å²) in [6.07, 6.45) is 0. The van der Waals surface area contributed by atoms with Crippen LogP contribution in [0.2, 0.25) is 0 Å². The maximum atomic E-state index is 13.1. The van der Waals surface area contributed by atoms with Crippen LogP contribution in [0.25, 0.3) is 22.0 Å². The third-order valence-corrected chi connectivity index (χ3v) is 4.18. The normalized spacial score (nSPS) is 10.9. The van der Waals surface area contributed by atoms with Gasteiger partial charge in [-0.25, -0.2) is 9.07 Å². The van der Waals surface area contributed by atoms with Crippen molar-refractivity contribution in [3.63, 3.8) is 0 Å². The second-order valence-corrected chi connectivity index (χ2v) is 5.87. The Morgan fingerprint density at radius 3 is 2.44 bits per heavy atom. The van der Waals surface area contributed by atoms with Crippen molar-refractivity contribution >= 4 is 10.8 Å². The summed E-state index contributed by atoms with van der Waals surface area (Å²) >= 11 is 0. The molecule has 0 saturated carbocycles. The van der Waals surface area contributed by atoms with Crippen LogP contribution in [0.4, 0.5) is 4.39 Å². The summed E-state index contributed by atoms with van der Waals surface area (Å²) in [6, 6.07) is 23.5. The van der Waals surface area contributed by atoms with E-state index in [0.717, 1.165) is 27.6 Å². The van der Waals surface area contributed by atoms with Gasteiger partial charge in [0.15, 0.2) is 0 Å². The molecule has 122 valence electrons. The lowest BCUT2D eigenvalue weighted by Gasteiger charge is -2.09. The predicted molar refractivity (Wildman–Crippen MR) is 96.9 cm³/mol. The highest BCUT2D eigenvalue weighted by Crippen LogP contribution is 2.26. The molecule has 1 heterocycles. The number of aromatic nitrogens is 2. The Morgan fingerprint density at radius 2 is 1.60 bits per heavy atom. The smallest absolute Gasteiger partial charge is 0.267 e. The van der Waals surface area contributed by atoms with E-state index in [4.69, 9.17) is 0 Å².